The van der Waals surface area contributed by atoms with Gasteiger partial charge in [-0.05, 0) is 35.4 Å². The number of hydrogen-bond acceptors (Lipinski definition) is 6. The van der Waals surface area contributed by atoms with Gasteiger partial charge in [0.15, 0.2) is 0 Å². The summed E-state index contributed by atoms with van der Waals surface area (Å²) < 4.78 is 9.46. The molecule has 0 saturated carbocycles. The van der Waals surface area contributed by atoms with Crippen molar-refractivity contribution in [3.8, 4) is 0 Å². The van der Waals surface area contributed by atoms with E-state index in [0.29, 0.717) is 33.6 Å². The number of amides is 2. The fourth-order valence-electron chi connectivity index (χ4n) is 3.45. The maximum atomic E-state index is 12.7. The molecule has 30 heavy (non-hydrogen) atoms. The Kier molecular flexibility index (Phi) is 4.67. The molecular weight excluding hydrogens is 388 g/mol. The summed E-state index contributed by atoms with van der Waals surface area (Å²) in [6.07, 6.45) is 0. The lowest BCUT2D eigenvalue weighted by Gasteiger charge is -2.09. The molecule has 0 spiro atoms. The highest BCUT2D eigenvalue weighted by Crippen LogP contribution is 2.37. The molecule has 2 aromatic carbocycles. The lowest BCUT2D eigenvalue weighted by atomic mass is 10.0. The van der Waals surface area contributed by atoms with Gasteiger partial charge in [0.1, 0.15) is 0 Å². The van der Waals surface area contributed by atoms with Gasteiger partial charge in [-0.15, -0.1) is 0 Å². The van der Waals surface area contributed by atoms with E-state index in [2.05, 4.69) is 10.6 Å². The summed E-state index contributed by atoms with van der Waals surface area (Å²) in [7, 11) is 2.54. The van der Waals surface area contributed by atoms with Crippen molar-refractivity contribution in [2.24, 2.45) is 0 Å². The molecule has 0 radical (unpaired) electrons. The van der Waals surface area contributed by atoms with Crippen LogP contribution in [-0.2, 0) is 19.1 Å². The predicted octanol–water partition coefficient (Wildman–Crippen LogP) is 1.64. The summed E-state index contributed by atoms with van der Waals surface area (Å²) in [6.45, 7) is 0. The van der Waals surface area contributed by atoms with E-state index in [4.69, 9.17) is 9.47 Å². The summed E-state index contributed by atoms with van der Waals surface area (Å²) >= 11 is 0. The Balaban J connectivity index is 1.84. The van der Waals surface area contributed by atoms with Gasteiger partial charge in [-0.3, -0.25) is 9.59 Å². The average Bonchev–Trinajstić information content (AvgIpc) is 3.31. The molecule has 150 valence electrons. The highest BCUT2D eigenvalue weighted by molar-refractivity contribution is 6.30. The van der Waals surface area contributed by atoms with E-state index in [1.807, 2.05) is 0 Å². The van der Waals surface area contributed by atoms with Gasteiger partial charge in [0.2, 0.25) is 0 Å². The van der Waals surface area contributed by atoms with Gasteiger partial charge in [-0.1, -0.05) is 24.3 Å². The first-order valence-corrected chi connectivity index (χ1v) is 8.93. The van der Waals surface area contributed by atoms with Gasteiger partial charge in [-0.2, -0.15) is 0 Å². The number of carbonyl (C=O) groups is 4. The molecule has 0 atom stereocenters. The monoisotopic (exact) mass is 404 g/mol. The zero-order valence-corrected chi connectivity index (χ0v) is 16.1. The van der Waals surface area contributed by atoms with Crippen molar-refractivity contribution >= 4 is 35.1 Å². The first-order valence-electron chi connectivity index (χ1n) is 8.93. The van der Waals surface area contributed by atoms with Crippen LogP contribution in [0.25, 0.3) is 11.4 Å². The molecule has 0 bridgehead atoms. The van der Waals surface area contributed by atoms with Crippen LogP contribution < -0.4 is 10.6 Å². The third-order valence-electron chi connectivity index (χ3n) is 4.83. The second kappa shape index (κ2) is 7.32. The van der Waals surface area contributed by atoms with Gasteiger partial charge in [0.25, 0.3) is 11.8 Å². The third kappa shape index (κ3) is 3.04. The molecule has 0 aromatic heterocycles. The zero-order valence-electron chi connectivity index (χ0n) is 16.1. The van der Waals surface area contributed by atoms with Gasteiger partial charge < -0.3 is 20.1 Å². The molecule has 0 fully saturated rings. The van der Waals surface area contributed by atoms with E-state index in [1.54, 1.807) is 48.5 Å². The molecule has 2 N–H and O–H groups in total. The topological polar surface area (TPSA) is 111 Å². The smallest absolute Gasteiger partial charge is 0.337 e. The lowest BCUT2D eigenvalue weighted by Crippen LogP contribution is -2.21. The zero-order chi connectivity index (χ0) is 21.4. The van der Waals surface area contributed by atoms with Crippen LogP contribution in [0.2, 0.25) is 0 Å². The number of benzene rings is 2. The van der Waals surface area contributed by atoms with Crippen LogP contribution in [0.3, 0.4) is 0 Å². The summed E-state index contributed by atoms with van der Waals surface area (Å²) in [6, 6.07) is 12.9. The first-order chi connectivity index (χ1) is 14.4. The fourth-order valence-corrected chi connectivity index (χ4v) is 3.45. The number of rotatable bonds is 4. The molecule has 8 nitrogen and oxygen atoms in total. The van der Waals surface area contributed by atoms with Gasteiger partial charge in [0.05, 0.1) is 47.9 Å². The second-order valence-corrected chi connectivity index (χ2v) is 6.55. The van der Waals surface area contributed by atoms with Crippen molar-refractivity contribution in [2.75, 3.05) is 14.2 Å². The van der Waals surface area contributed by atoms with Crippen LogP contribution in [0.15, 0.2) is 59.7 Å². The Morgan fingerprint density at radius 3 is 1.47 bits per heavy atom. The van der Waals surface area contributed by atoms with Crippen LogP contribution in [-0.4, -0.2) is 38.0 Å². The minimum absolute atomic E-state index is 0.181. The Bertz CT molecular complexity index is 1100. The normalized spacial score (nSPS) is 15.0. The van der Waals surface area contributed by atoms with Crippen molar-refractivity contribution in [3.63, 3.8) is 0 Å². The SMILES string of the molecule is COC(=O)c1cccc(C2=C3C(=O)NC(c4cccc(C(=O)OC)c4)=C3C(=O)N2)c1. The lowest BCUT2D eigenvalue weighted by molar-refractivity contribution is -0.117. The van der Waals surface area contributed by atoms with E-state index in [9.17, 15) is 19.2 Å². The molecule has 8 heteroatoms. The average molecular weight is 404 g/mol. The first kappa shape index (κ1) is 19.1. The van der Waals surface area contributed by atoms with Crippen LogP contribution >= 0.6 is 0 Å². The number of carbonyl (C=O) groups excluding carboxylic acids is 4. The maximum absolute atomic E-state index is 12.7. The second-order valence-electron chi connectivity index (χ2n) is 6.55. The summed E-state index contributed by atoms with van der Waals surface area (Å²) in [5.74, 6) is -1.97. The van der Waals surface area contributed by atoms with Crippen LogP contribution in [0.5, 0.6) is 0 Å². The molecule has 4 rings (SSSR count). The number of esters is 2. The van der Waals surface area contributed by atoms with Crippen molar-refractivity contribution < 1.29 is 28.7 Å². The summed E-state index contributed by atoms with van der Waals surface area (Å²) in [5, 5.41) is 5.43. The quantitative estimate of drug-likeness (QED) is 0.750. The van der Waals surface area contributed by atoms with Crippen molar-refractivity contribution in [1.29, 1.82) is 0 Å². The number of fused-ring (bicyclic) bond motifs is 1. The number of ether oxygens (including phenoxy) is 2. The van der Waals surface area contributed by atoms with E-state index < -0.39 is 23.8 Å². The predicted molar refractivity (Wildman–Crippen MR) is 106 cm³/mol. The maximum Gasteiger partial charge on any atom is 0.337 e. The van der Waals surface area contributed by atoms with E-state index >= 15 is 0 Å². The molecule has 0 unspecified atom stereocenters. The molecule has 2 heterocycles. The fraction of sp³-hybridized carbons (Fsp3) is 0.0909. The molecule has 0 aliphatic carbocycles. The van der Waals surface area contributed by atoms with E-state index in [1.165, 1.54) is 14.2 Å². The van der Waals surface area contributed by atoms with Crippen molar-refractivity contribution in [1.82, 2.24) is 10.6 Å². The number of hydrogen-bond donors (Lipinski definition) is 2. The Hall–Kier alpha value is -4.20. The molecule has 0 saturated heterocycles. The summed E-state index contributed by atoms with van der Waals surface area (Å²) in [4.78, 5) is 49.1. The molecule has 2 amide bonds. The van der Waals surface area contributed by atoms with E-state index in [-0.39, 0.29) is 11.1 Å². The molecule has 2 aliphatic heterocycles. The van der Waals surface area contributed by atoms with Crippen molar-refractivity contribution in [2.45, 2.75) is 0 Å². The van der Waals surface area contributed by atoms with E-state index in [0.717, 1.165) is 0 Å². The Labute approximate surface area is 171 Å². The van der Waals surface area contributed by atoms with Gasteiger partial charge in [0, 0.05) is 0 Å². The van der Waals surface area contributed by atoms with Gasteiger partial charge in [-0.25, -0.2) is 9.59 Å². The molecule has 2 aromatic rings. The summed E-state index contributed by atoms with van der Waals surface area (Å²) in [5.41, 5.74) is 2.54. The standard InChI is InChI=1S/C22H16N2O6/c1-29-21(27)13-7-3-5-11(9-13)17-15-16(20(26)23-17)18(24-19(15)25)12-6-4-8-14(10-12)22(28)30-2/h3-10H,1-2H3,(H,23,26)(H,24,25). The van der Waals surface area contributed by atoms with Crippen molar-refractivity contribution in [3.05, 3.63) is 81.9 Å². The number of methoxy groups -OCH3 is 2. The molecule has 2 aliphatic rings. The highest BCUT2D eigenvalue weighted by Gasteiger charge is 2.41. The van der Waals surface area contributed by atoms with Crippen LogP contribution in [0.1, 0.15) is 31.8 Å². The minimum atomic E-state index is -0.529. The Morgan fingerprint density at radius 1 is 0.700 bits per heavy atom. The van der Waals surface area contributed by atoms with Crippen LogP contribution in [0.4, 0.5) is 0 Å². The largest absolute Gasteiger partial charge is 0.465 e. The molecular formula is C22H16N2O6. The van der Waals surface area contributed by atoms with Crippen LogP contribution in [0, 0.1) is 0 Å². The highest BCUT2D eigenvalue weighted by atomic mass is 16.5. The van der Waals surface area contributed by atoms with Gasteiger partial charge >= 0.3 is 11.9 Å². The third-order valence-corrected chi connectivity index (χ3v) is 4.83. The minimum Gasteiger partial charge on any atom is -0.465 e. The number of nitrogens with one attached hydrogen (secondary N) is 2. The Morgan fingerprint density at radius 2 is 1.10 bits per heavy atom.